The molecular formula is C8H15N3. The van der Waals surface area contributed by atoms with Crippen LogP contribution in [0.4, 0.5) is 0 Å². The van der Waals surface area contributed by atoms with E-state index in [1.54, 1.807) is 0 Å². The van der Waals surface area contributed by atoms with Crippen molar-refractivity contribution in [3.63, 3.8) is 0 Å². The Bertz CT molecular complexity index is 215. The third kappa shape index (κ3) is 2.72. The number of aryl methyl sites for hydroxylation is 1. The lowest BCUT2D eigenvalue weighted by molar-refractivity contribution is -0.675. The van der Waals surface area contributed by atoms with E-state index in [9.17, 15) is 0 Å². The van der Waals surface area contributed by atoms with Crippen molar-refractivity contribution in [1.29, 1.82) is 0 Å². The second-order valence-corrected chi connectivity index (χ2v) is 3.01. The minimum atomic E-state index is 1.01. The summed E-state index contributed by atoms with van der Waals surface area (Å²) in [7, 11) is 6.12. The fraction of sp³-hybridized carbons (Fsp3) is 0.625. The topological polar surface area (TPSA) is 12.1 Å². The van der Waals surface area contributed by atoms with Crippen LogP contribution in [0.15, 0.2) is 12.4 Å². The van der Waals surface area contributed by atoms with Crippen LogP contribution in [0.3, 0.4) is 0 Å². The molecule has 0 amide bonds. The summed E-state index contributed by atoms with van der Waals surface area (Å²) >= 11 is 0. The molecule has 0 aliphatic carbocycles. The fourth-order valence-corrected chi connectivity index (χ4v) is 0.882. The van der Waals surface area contributed by atoms with E-state index in [-0.39, 0.29) is 0 Å². The fourth-order valence-electron chi connectivity index (χ4n) is 0.882. The van der Waals surface area contributed by atoms with Gasteiger partial charge < -0.3 is 14.0 Å². The van der Waals surface area contributed by atoms with E-state index in [2.05, 4.69) is 29.9 Å². The van der Waals surface area contributed by atoms with Gasteiger partial charge in [-0.1, -0.05) is 0 Å². The van der Waals surface area contributed by atoms with Crippen LogP contribution in [0.5, 0.6) is 0 Å². The molecule has 62 valence electrons. The largest absolute Gasteiger partial charge is 0.354 e. The third-order valence-electron chi connectivity index (χ3n) is 1.54. The maximum atomic E-state index is 3.14. The van der Waals surface area contributed by atoms with Gasteiger partial charge in [0.2, 0.25) is 6.33 Å². The number of aromatic nitrogens is 2. The van der Waals surface area contributed by atoms with Crippen molar-refractivity contribution in [2.75, 3.05) is 20.6 Å². The summed E-state index contributed by atoms with van der Waals surface area (Å²) in [5.74, 6) is 0. The maximum absolute atomic E-state index is 3.14. The zero-order chi connectivity index (χ0) is 8.27. The summed E-state index contributed by atoms with van der Waals surface area (Å²) in [5.41, 5.74) is 0. The van der Waals surface area contributed by atoms with Crippen molar-refractivity contribution in [3.05, 3.63) is 18.7 Å². The lowest BCUT2D eigenvalue weighted by atomic mass is 10.6. The molecule has 1 rings (SSSR count). The van der Waals surface area contributed by atoms with Crippen molar-refractivity contribution in [1.82, 2.24) is 9.47 Å². The van der Waals surface area contributed by atoms with Crippen molar-refractivity contribution < 1.29 is 4.57 Å². The van der Waals surface area contributed by atoms with Crippen molar-refractivity contribution in [2.45, 2.75) is 6.54 Å². The van der Waals surface area contributed by atoms with E-state index in [0.717, 1.165) is 13.1 Å². The smallest absolute Gasteiger partial charge is 0.203 e. The third-order valence-corrected chi connectivity index (χ3v) is 1.54. The van der Waals surface area contributed by atoms with Crippen LogP contribution >= 0.6 is 0 Å². The van der Waals surface area contributed by atoms with E-state index in [1.807, 2.05) is 24.0 Å². The van der Waals surface area contributed by atoms with Crippen LogP contribution in [0.1, 0.15) is 0 Å². The monoisotopic (exact) mass is 153 g/mol. The lowest BCUT2D eigenvalue weighted by Crippen LogP contribution is -2.25. The number of imidazole rings is 1. The van der Waals surface area contributed by atoms with Crippen LogP contribution in [0.2, 0.25) is 0 Å². The van der Waals surface area contributed by atoms with Crippen LogP contribution in [-0.4, -0.2) is 30.1 Å². The van der Waals surface area contributed by atoms with Gasteiger partial charge in [0.15, 0.2) is 0 Å². The first-order valence-electron chi connectivity index (χ1n) is 3.77. The van der Waals surface area contributed by atoms with Crippen molar-refractivity contribution >= 4 is 0 Å². The van der Waals surface area contributed by atoms with Gasteiger partial charge in [-0.3, -0.25) is 0 Å². The molecule has 1 heterocycles. The summed E-state index contributed by atoms with van der Waals surface area (Å²) in [6.45, 7) is 2.07. The summed E-state index contributed by atoms with van der Waals surface area (Å²) in [5, 5.41) is 0. The first kappa shape index (κ1) is 8.27. The Labute approximate surface area is 67.9 Å². The molecule has 0 unspecified atom stereocenters. The Morgan fingerprint density at radius 1 is 1.55 bits per heavy atom. The van der Waals surface area contributed by atoms with Crippen molar-refractivity contribution in [2.24, 2.45) is 7.05 Å². The first-order chi connectivity index (χ1) is 5.18. The standard InChI is InChI=1S/C8H15N3/c1-9(2)4-6-11-7-5-10(3)8-11/h5,7H,4,6H2,1-3H3. The Morgan fingerprint density at radius 2 is 2.27 bits per heavy atom. The molecule has 1 aromatic heterocycles. The average molecular weight is 153 g/mol. The maximum Gasteiger partial charge on any atom is 0.203 e. The Kier molecular flexibility index (Phi) is 2.65. The normalized spacial score (nSPS) is 10.9. The molecule has 0 aliphatic rings. The van der Waals surface area contributed by atoms with Gasteiger partial charge in [0.05, 0.1) is 13.6 Å². The molecule has 0 atom stereocenters. The molecule has 0 spiro atoms. The number of likely N-dealkylation sites (N-methyl/N-ethyl adjacent to an activating group) is 1. The summed E-state index contributed by atoms with van der Waals surface area (Å²) in [6.07, 6.45) is 7.16. The van der Waals surface area contributed by atoms with Crippen LogP contribution < -0.4 is 4.57 Å². The van der Waals surface area contributed by atoms with Crippen molar-refractivity contribution in [3.8, 4) is 0 Å². The van der Waals surface area contributed by atoms with E-state index in [0.29, 0.717) is 0 Å². The molecule has 0 radical (unpaired) electrons. The molecule has 3 nitrogen and oxygen atoms in total. The molecule has 0 saturated carbocycles. The molecule has 0 N–H and O–H groups in total. The number of hydrogen-bond acceptors (Lipinski definition) is 1. The zero-order valence-electron chi connectivity index (χ0n) is 7.41. The van der Waals surface area contributed by atoms with E-state index in [1.165, 1.54) is 0 Å². The summed E-state index contributed by atoms with van der Waals surface area (Å²) in [6, 6.07) is 0. The highest BCUT2D eigenvalue weighted by molar-refractivity contribution is 4.64. The van der Waals surface area contributed by atoms with Gasteiger partial charge in [0.25, 0.3) is 0 Å². The van der Waals surface area contributed by atoms with Gasteiger partial charge in [0.1, 0.15) is 0 Å². The number of hydrogen-bond donors (Lipinski definition) is 0. The molecule has 0 aromatic carbocycles. The molecule has 0 aliphatic heterocycles. The summed E-state index contributed by atoms with van der Waals surface area (Å²) < 4.78 is 3.98. The van der Waals surface area contributed by atoms with Gasteiger partial charge in [-0.2, -0.15) is 0 Å². The highest BCUT2D eigenvalue weighted by Crippen LogP contribution is 1.83. The number of rotatable bonds is 3. The summed E-state index contributed by atoms with van der Waals surface area (Å²) in [4.78, 5) is 2.16. The number of nitrogens with zero attached hydrogens (tertiary/aromatic N) is 3. The van der Waals surface area contributed by atoms with Gasteiger partial charge >= 0.3 is 0 Å². The predicted octanol–water partition coefficient (Wildman–Crippen LogP) is -0.326. The molecule has 0 bridgehead atoms. The average Bonchev–Trinajstić information content (AvgIpc) is 2.31. The molecule has 3 heteroatoms. The molecule has 11 heavy (non-hydrogen) atoms. The second kappa shape index (κ2) is 3.53. The highest BCUT2D eigenvalue weighted by atomic mass is 15.1. The van der Waals surface area contributed by atoms with Crippen LogP contribution in [-0.2, 0) is 13.6 Å². The minimum Gasteiger partial charge on any atom is -0.354 e. The second-order valence-electron chi connectivity index (χ2n) is 3.01. The molecular weight excluding hydrogens is 138 g/mol. The first-order valence-corrected chi connectivity index (χ1v) is 3.77. The predicted molar refractivity (Wildman–Crippen MR) is 43.0 cm³/mol. The van der Waals surface area contributed by atoms with E-state index in [4.69, 9.17) is 0 Å². The zero-order valence-corrected chi connectivity index (χ0v) is 7.41. The van der Waals surface area contributed by atoms with E-state index >= 15 is 0 Å². The molecule has 0 fully saturated rings. The Balaban J connectivity index is 2.39. The van der Waals surface area contributed by atoms with Crippen LogP contribution in [0, 0.1) is 6.33 Å². The SMILES string of the molecule is CN(C)CCn1[c-][n+](C)cc1. The van der Waals surface area contributed by atoms with Crippen LogP contribution in [0.25, 0.3) is 0 Å². The van der Waals surface area contributed by atoms with Gasteiger partial charge in [-0.25, -0.2) is 0 Å². The van der Waals surface area contributed by atoms with E-state index < -0.39 is 0 Å². The van der Waals surface area contributed by atoms with Gasteiger partial charge in [-0.15, -0.1) is 0 Å². The minimum absolute atomic E-state index is 1.01. The Morgan fingerprint density at radius 3 is 2.73 bits per heavy atom. The molecule has 0 saturated heterocycles. The lowest BCUT2D eigenvalue weighted by Gasteiger charge is -2.07. The Hall–Kier alpha value is -0.830. The quantitative estimate of drug-likeness (QED) is 0.428. The molecule has 1 aromatic rings. The van der Waals surface area contributed by atoms with Gasteiger partial charge in [0, 0.05) is 6.54 Å². The van der Waals surface area contributed by atoms with Gasteiger partial charge in [-0.05, 0) is 26.5 Å². The highest BCUT2D eigenvalue weighted by Gasteiger charge is 1.93.